The molecule has 2 amide bonds. The third-order valence-corrected chi connectivity index (χ3v) is 6.02. The second-order valence-electron chi connectivity index (χ2n) is 6.18. The van der Waals surface area contributed by atoms with Crippen molar-refractivity contribution in [2.75, 3.05) is 19.6 Å². The van der Waals surface area contributed by atoms with Crippen molar-refractivity contribution in [2.45, 2.75) is 12.2 Å². The van der Waals surface area contributed by atoms with Crippen LogP contribution in [-0.2, 0) is 31.8 Å². The van der Waals surface area contributed by atoms with Crippen LogP contribution < -0.4 is 0 Å². The standard InChI is InChI=1S/C19H20N2O4S/c22-18-13-20(26(24,25)15-17-9-5-2-6-10-17)14-19(23)21(18)12-11-16-7-3-1-4-8-16/h1-10H,11-15H2. The maximum absolute atomic E-state index is 12.5. The molecule has 0 unspecified atom stereocenters. The number of rotatable bonds is 6. The number of nitrogens with zero attached hydrogens (tertiary/aromatic N) is 2. The summed E-state index contributed by atoms with van der Waals surface area (Å²) in [6.07, 6.45) is 0.551. The van der Waals surface area contributed by atoms with E-state index in [1.54, 1.807) is 30.3 Å². The van der Waals surface area contributed by atoms with Gasteiger partial charge in [-0.25, -0.2) is 8.42 Å². The number of carbonyl (C=O) groups excluding carboxylic acids is 2. The molecule has 0 radical (unpaired) electrons. The number of piperazine rings is 1. The molecule has 1 heterocycles. The SMILES string of the molecule is O=C1CN(S(=O)(=O)Cc2ccccc2)CC(=O)N1CCc1ccccc1. The first-order chi connectivity index (χ1) is 12.5. The first-order valence-corrected chi connectivity index (χ1v) is 9.95. The topological polar surface area (TPSA) is 74.8 Å². The molecule has 2 aromatic carbocycles. The van der Waals surface area contributed by atoms with Crippen LogP contribution in [0, 0.1) is 0 Å². The zero-order chi connectivity index (χ0) is 18.6. The molecule has 1 fully saturated rings. The quantitative estimate of drug-likeness (QED) is 0.719. The predicted octanol–water partition coefficient (Wildman–Crippen LogP) is 1.43. The fourth-order valence-corrected chi connectivity index (χ4v) is 4.29. The number of carbonyl (C=O) groups is 2. The van der Waals surface area contributed by atoms with E-state index < -0.39 is 21.8 Å². The lowest BCUT2D eigenvalue weighted by atomic mass is 10.1. The molecule has 1 aliphatic rings. The van der Waals surface area contributed by atoms with E-state index in [9.17, 15) is 18.0 Å². The molecule has 6 nitrogen and oxygen atoms in total. The Balaban J connectivity index is 1.64. The minimum atomic E-state index is -3.73. The Morgan fingerprint density at radius 1 is 0.769 bits per heavy atom. The molecule has 26 heavy (non-hydrogen) atoms. The summed E-state index contributed by atoms with van der Waals surface area (Å²) in [5.74, 6) is -1.18. The normalized spacial score (nSPS) is 16.1. The smallest absolute Gasteiger partial charge is 0.244 e. The average molecular weight is 372 g/mol. The van der Waals surface area contributed by atoms with Gasteiger partial charge >= 0.3 is 0 Å². The van der Waals surface area contributed by atoms with Gasteiger partial charge in [0.05, 0.1) is 18.8 Å². The van der Waals surface area contributed by atoms with Gasteiger partial charge in [0.2, 0.25) is 21.8 Å². The Hall–Kier alpha value is -2.51. The summed E-state index contributed by atoms with van der Waals surface area (Å²) in [7, 11) is -3.73. The van der Waals surface area contributed by atoms with E-state index in [4.69, 9.17) is 0 Å². The van der Waals surface area contributed by atoms with E-state index in [0.717, 1.165) is 14.8 Å². The lowest BCUT2D eigenvalue weighted by molar-refractivity contribution is -0.149. The fourth-order valence-electron chi connectivity index (χ4n) is 2.88. The second-order valence-corrected chi connectivity index (χ2v) is 8.15. The van der Waals surface area contributed by atoms with Crippen LogP contribution in [0.3, 0.4) is 0 Å². The first-order valence-electron chi connectivity index (χ1n) is 8.34. The van der Waals surface area contributed by atoms with Crippen molar-refractivity contribution in [1.29, 1.82) is 0 Å². The van der Waals surface area contributed by atoms with Crippen LogP contribution in [-0.4, -0.2) is 49.1 Å². The van der Waals surface area contributed by atoms with Crippen LogP contribution in [0.1, 0.15) is 11.1 Å². The van der Waals surface area contributed by atoms with Crippen molar-refractivity contribution in [2.24, 2.45) is 0 Å². The summed E-state index contributed by atoms with van der Waals surface area (Å²) in [5, 5.41) is 0. The fraction of sp³-hybridized carbons (Fsp3) is 0.263. The molecular formula is C19H20N2O4S. The van der Waals surface area contributed by atoms with Crippen molar-refractivity contribution in [3.8, 4) is 0 Å². The molecule has 0 atom stereocenters. The largest absolute Gasteiger partial charge is 0.280 e. The number of benzene rings is 2. The van der Waals surface area contributed by atoms with Crippen molar-refractivity contribution < 1.29 is 18.0 Å². The van der Waals surface area contributed by atoms with E-state index in [2.05, 4.69) is 0 Å². The molecule has 7 heteroatoms. The van der Waals surface area contributed by atoms with E-state index in [1.807, 2.05) is 30.3 Å². The van der Waals surface area contributed by atoms with Crippen LogP contribution in [0.15, 0.2) is 60.7 Å². The summed E-state index contributed by atoms with van der Waals surface area (Å²) in [5.41, 5.74) is 1.64. The molecule has 1 saturated heterocycles. The van der Waals surface area contributed by atoms with Gasteiger partial charge < -0.3 is 0 Å². The summed E-state index contributed by atoms with van der Waals surface area (Å²) in [4.78, 5) is 25.8. The van der Waals surface area contributed by atoms with Crippen LogP contribution in [0.25, 0.3) is 0 Å². The first kappa shape index (κ1) is 18.3. The summed E-state index contributed by atoms with van der Waals surface area (Å²) in [6, 6.07) is 18.3. The zero-order valence-electron chi connectivity index (χ0n) is 14.2. The highest BCUT2D eigenvalue weighted by molar-refractivity contribution is 7.88. The highest BCUT2D eigenvalue weighted by Gasteiger charge is 2.36. The molecule has 0 N–H and O–H groups in total. The van der Waals surface area contributed by atoms with Crippen LogP contribution in [0.4, 0.5) is 0 Å². The number of amides is 2. The second kappa shape index (κ2) is 7.80. The van der Waals surface area contributed by atoms with Crippen molar-refractivity contribution in [1.82, 2.24) is 9.21 Å². The van der Waals surface area contributed by atoms with Gasteiger partial charge in [-0.2, -0.15) is 4.31 Å². The van der Waals surface area contributed by atoms with E-state index in [0.29, 0.717) is 12.0 Å². The van der Waals surface area contributed by atoms with Crippen LogP contribution in [0.5, 0.6) is 0 Å². The van der Waals surface area contributed by atoms with Gasteiger partial charge in [-0.05, 0) is 17.5 Å². The van der Waals surface area contributed by atoms with Gasteiger partial charge in [-0.15, -0.1) is 0 Å². The molecule has 0 bridgehead atoms. The third-order valence-electron chi connectivity index (χ3n) is 4.28. The predicted molar refractivity (Wildman–Crippen MR) is 97.5 cm³/mol. The van der Waals surface area contributed by atoms with Gasteiger partial charge in [0.15, 0.2) is 0 Å². The third kappa shape index (κ3) is 4.36. The van der Waals surface area contributed by atoms with E-state index >= 15 is 0 Å². The Kier molecular flexibility index (Phi) is 5.49. The minimum Gasteiger partial charge on any atom is -0.280 e. The van der Waals surface area contributed by atoms with Crippen molar-refractivity contribution in [3.05, 3.63) is 71.8 Å². The molecule has 0 spiro atoms. The van der Waals surface area contributed by atoms with Gasteiger partial charge in [0, 0.05) is 6.54 Å². The number of sulfonamides is 1. The average Bonchev–Trinajstić information content (AvgIpc) is 2.62. The Morgan fingerprint density at radius 3 is 1.81 bits per heavy atom. The van der Waals surface area contributed by atoms with Gasteiger partial charge in [0.25, 0.3) is 0 Å². The van der Waals surface area contributed by atoms with Gasteiger partial charge in [0.1, 0.15) is 0 Å². The van der Waals surface area contributed by atoms with Crippen LogP contribution >= 0.6 is 0 Å². The highest BCUT2D eigenvalue weighted by atomic mass is 32.2. The van der Waals surface area contributed by atoms with E-state index in [1.165, 1.54) is 0 Å². The van der Waals surface area contributed by atoms with Crippen molar-refractivity contribution in [3.63, 3.8) is 0 Å². The summed E-state index contributed by atoms with van der Waals surface area (Å²) >= 11 is 0. The van der Waals surface area contributed by atoms with Gasteiger partial charge in [-0.1, -0.05) is 60.7 Å². The molecule has 1 aliphatic heterocycles. The number of imide groups is 1. The highest BCUT2D eigenvalue weighted by Crippen LogP contribution is 2.15. The molecular weight excluding hydrogens is 352 g/mol. The molecule has 0 aromatic heterocycles. The maximum Gasteiger partial charge on any atom is 0.244 e. The summed E-state index contributed by atoms with van der Waals surface area (Å²) < 4.78 is 26.0. The Labute approximate surface area is 153 Å². The maximum atomic E-state index is 12.5. The summed E-state index contributed by atoms with van der Waals surface area (Å²) in [6.45, 7) is -0.334. The lowest BCUT2D eigenvalue weighted by Crippen LogP contribution is -2.56. The van der Waals surface area contributed by atoms with Gasteiger partial charge in [-0.3, -0.25) is 14.5 Å². The molecule has 136 valence electrons. The zero-order valence-corrected chi connectivity index (χ0v) is 15.1. The number of hydrogen-bond donors (Lipinski definition) is 0. The van der Waals surface area contributed by atoms with Crippen LogP contribution in [0.2, 0.25) is 0 Å². The molecule has 2 aromatic rings. The molecule has 0 saturated carbocycles. The van der Waals surface area contributed by atoms with Crippen molar-refractivity contribution >= 4 is 21.8 Å². The lowest BCUT2D eigenvalue weighted by Gasteiger charge is -2.32. The molecule has 3 rings (SSSR count). The Morgan fingerprint density at radius 2 is 1.27 bits per heavy atom. The Bertz CT molecular complexity index is 864. The van der Waals surface area contributed by atoms with E-state index in [-0.39, 0.29) is 25.4 Å². The minimum absolute atomic E-state index is 0.224. The molecule has 0 aliphatic carbocycles. The monoisotopic (exact) mass is 372 g/mol. The number of hydrogen-bond acceptors (Lipinski definition) is 4.